The van der Waals surface area contributed by atoms with Crippen LogP contribution >= 0.6 is 11.3 Å². The minimum atomic E-state index is -4.96. The Kier molecular flexibility index (Phi) is 3.79. The molecule has 1 aromatic rings. The van der Waals surface area contributed by atoms with Crippen LogP contribution in [0.3, 0.4) is 0 Å². The second-order valence-electron chi connectivity index (χ2n) is 6.34. The summed E-state index contributed by atoms with van der Waals surface area (Å²) in [6, 6.07) is 0. The molecule has 126 valence electrons. The molecule has 8 heteroatoms. The van der Waals surface area contributed by atoms with E-state index in [9.17, 15) is 23.1 Å². The standard InChI is InChI=1S/C15H17F3N2O2S/c1-8-3-4-10-11(7-23-12(10)5-8)13(21)20-14(22,15(16,17)18)6-9(2)19-20/h7-8,22H,3-6H2,1-2H3/t8-,14-/m0/s1. The highest BCUT2D eigenvalue weighted by molar-refractivity contribution is 7.10. The fraction of sp³-hybridized carbons (Fsp3) is 0.600. The number of thiophene rings is 1. The first-order valence-corrected chi connectivity index (χ1v) is 8.28. The van der Waals surface area contributed by atoms with Gasteiger partial charge in [-0.1, -0.05) is 6.92 Å². The van der Waals surface area contributed by atoms with E-state index < -0.39 is 24.2 Å². The van der Waals surface area contributed by atoms with Gasteiger partial charge in [-0.15, -0.1) is 11.3 Å². The Morgan fingerprint density at radius 2 is 2.22 bits per heavy atom. The highest BCUT2D eigenvalue weighted by Gasteiger charge is 2.62. The molecule has 0 saturated heterocycles. The molecule has 4 nitrogen and oxygen atoms in total. The van der Waals surface area contributed by atoms with E-state index in [-0.39, 0.29) is 16.3 Å². The molecule has 0 saturated carbocycles. The van der Waals surface area contributed by atoms with E-state index in [1.165, 1.54) is 18.3 Å². The summed E-state index contributed by atoms with van der Waals surface area (Å²) in [4.78, 5) is 13.7. The van der Waals surface area contributed by atoms with Crippen molar-refractivity contribution in [2.75, 3.05) is 0 Å². The predicted octanol–water partition coefficient (Wildman–Crippen LogP) is 3.35. The van der Waals surface area contributed by atoms with E-state index in [1.54, 1.807) is 5.38 Å². The molecule has 0 spiro atoms. The number of carbonyl (C=O) groups is 1. The molecular weight excluding hydrogens is 329 g/mol. The Balaban J connectivity index is 1.97. The third-order valence-electron chi connectivity index (χ3n) is 4.40. The SMILES string of the molecule is CC1=NN(C(=O)c2csc3c2CC[C@H](C)C3)[C@@](O)(C(F)(F)F)C1. The van der Waals surface area contributed by atoms with Gasteiger partial charge in [0.25, 0.3) is 11.6 Å². The van der Waals surface area contributed by atoms with E-state index in [4.69, 9.17) is 0 Å². The summed E-state index contributed by atoms with van der Waals surface area (Å²) < 4.78 is 39.7. The Morgan fingerprint density at radius 3 is 2.87 bits per heavy atom. The van der Waals surface area contributed by atoms with E-state index in [1.807, 2.05) is 0 Å². The molecule has 1 aliphatic carbocycles. The van der Waals surface area contributed by atoms with E-state index >= 15 is 0 Å². The summed E-state index contributed by atoms with van der Waals surface area (Å²) in [6.45, 7) is 3.48. The zero-order chi connectivity index (χ0) is 17.0. The van der Waals surface area contributed by atoms with Crippen molar-refractivity contribution >= 4 is 23.0 Å². The van der Waals surface area contributed by atoms with Crippen LogP contribution in [0.15, 0.2) is 10.5 Å². The molecule has 3 rings (SSSR count). The maximum atomic E-state index is 13.2. The largest absolute Gasteiger partial charge is 0.438 e. The van der Waals surface area contributed by atoms with Crippen molar-refractivity contribution < 1.29 is 23.1 Å². The number of rotatable bonds is 1. The van der Waals surface area contributed by atoms with Gasteiger partial charge in [0.05, 0.1) is 5.56 Å². The summed E-state index contributed by atoms with van der Waals surface area (Å²) >= 11 is 1.39. The summed E-state index contributed by atoms with van der Waals surface area (Å²) in [7, 11) is 0. The van der Waals surface area contributed by atoms with Gasteiger partial charge in [0.1, 0.15) is 0 Å². The number of nitrogens with zero attached hydrogens (tertiary/aromatic N) is 2. The average Bonchev–Trinajstić information content (AvgIpc) is 2.98. The van der Waals surface area contributed by atoms with Gasteiger partial charge in [-0.3, -0.25) is 4.79 Å². The van der Waals surface area contributed by atoms with Crippen molar-refractivity contribution in [2.45, 2.75) is 51.4 Å². The quantitative estimate of drug-likeness (QED) is 0.848. The van der Waals surface area contributed by atoms with Crippen molar-refractivity contribution in [1.29, 1.82) is 0 Å². The summed E-state index contributed by atoms with van der Waals surface area (Å²) in [5.41, 5.74) is -2.14. The van der Waals surface area contributed by atoms with Crippen molar-refractivity contribution in [3.8, 4) is 0 Å². The van der Waals surface area contributed by atoms with Crippen molar-refractivity contribution in [3.63, 3.8) is 0 Å². The molecule has 1 aliphatic heterocycles. The molecule has 0 fully saturated rings. The monoisotopic (exact) mass is 346 g/mol. The average molecular weight is 346 g/mol. The number of hydrogen-bond acceptors (Lipinski definition) is 4. The van der Waals surface area contributed by atoms with Crippen LogP contribution in [-0.4, -0.2) is 33.6 Å². The number of carbonyl (C=O) groups excluding carboxylic acids is 1. The van der Waals surface area contributed by atoms with Crippen molar-refractivity contribution in [3.05, 3.63) is 21.4 Å². The molecule has 23 heavy (non-hydrogen) atoms. The lowest BCUT2D eigenvalue weighted by atomic mass is 9.88. The van der Waals surface area contributed by atoms with E-state index in [2.05, 4.69) is 12.0 Å². The van der Waals surface area contributed by atoms with Gasteiger partial charge in [-0.25, -0.2) is 0 Å². The van der Waals surface area contributed by atoms with Crippen LogP contribution in [0.2, 0.25) is 0 Å². The summed E-state index contributed by atoms with van der Waals surface area (Å²) in [5, 5.41) is 15.5. The minimum absolute atomic E-state index is 0.0795. The normalized spacial score (nSPS) is 27.8. The molecule has 1 amide bonds. The third-order valence-corrected chi connectivity index (χ3v) is 5.45. The van der Waals surface area contributed by atoms with Crippen LogP contribution in [-0.2, 0) is 12.8 Å². The molecule has 0 bridgehead atoms. The van der Waals surface area contributed by atoms with Crippen molar-refractivity contribution in [1.82, 2.24) is 5.01 Å². The second-order valence-corrected chi connectivity index (χ2v) is 7.31. The lowest BCUT2D eigenvalue weighted by Gasteiger charge is -2.32. The first-order valence-electron chi connectivity index (χ1n) is 7.40. The van der Waals surface area contributed by atoms with E-state index in [0.29, 0.717) is 12.3 Å². The molecule has 0 radical (unpaired) electrons. The Labute approximate surface area is 135 Å². The molecule has 2 heterocycles. The maximum absolute atomic E-state index is 13.2. The molecule has 2 aliphatic rings. The lowest BCUT2D eigenvalue weighted by molar-refractivity contribution is -0.297. The minimum Gasteiger partial charge on any atom is -0.362 e. The number of hydrazone groups is 1. The Bertz CT molecular complexity index is 683. The molecule has 0 aromatic carbocycles. The van der Waals surface area contributed by atoms with Gasteiger partial charge in [0.2, 0.25) is 0 Å². The van der Waals surface area contributed by atoms with Gasteiger partial charge in [0.15, 0.2) is 0 Å². The predicted molar refractivity (Wildman–Crippen MR) is 80.4 cm³/mol. The third kappa shape index (κ3) is 2.57. The first-order chi connectivity index (χ1) is 10.6. The van der Waals surface area contributed by atoms with Gasteiger partial charge >= 0.3 is 6.18 Å². The smallest absolute Gasteiger partial charge is 0.362 e. The van der Waals surface area contributed by atoms with Crippen LogP contribution in [0.4, 0.5) is 13.2 Å². The second kappa shape index (κ2) is 5.31. The first kappa shape index (κ1) is 16.4. The number of alkyl halides is 3. The molecule has 2 atom stereocenters. The Morgan fingerprint density at radius 1 is 1.52 bits per heavy atom. The number of amides is 1. The molecule has 1 N–H and O–H groups in total. The van der Waals surface area contributed by atoms with Crippen LogP contribution in [0.5, 0.6) is 0 Å². The number of fused-ring (bicyclic) bond motifs is 1. The fourth-order valence-corrected chi connectivity index (χ4v) is 4.36. The summed E-state index contributed by atoms with van der Waals surface area (Å²) in [6.07, 6.45) is -3.28. The van der Waals surface area contributed by atoms with E-state index in [0.717, 1.165) is 23.3 Å². The van der Waals surface area contributed by atoms with Crippen LogP contribution in [0.25, 0.3) is 0 Å². The zero-order valence-corrected chi connectivity index (χ0v) is 13.6. The number of hydrogen-bond donors (Lipinski definition) is 1. The summed E-state index contributed by atoms with van der Waals surface area (Å²) in [5.74, 6) is -0.378. The molecule has 1 aromatic heterocycles. The zero-order valence-electron chi connectivity index (χ0n) is 12.8. The van der Waals surface area contributed by atoms with Crippen LogP contribution in [0.1, 0.15) is 47.5 Å². The Hall–Kier alpha value is -1.41. The van der Waals surface area contributed by atoms with Crippen molar-refractivity contribution in [2.24, 2.45) is 11.0 Å². The van der Waals surface area contributed by atoms with Gasteiger partial charge < -0.3 is 5.11 Å². The van der Waals surface area contributed by atoms with Gasteiger partial charge in [-0.2, -0.15) is 23.3 Å². The molecular formula is C15H17F3N2O2S. The topological polar surface area (TPSA) is 52.9 Å². The maximum Gasteiger partial charge on any atom is 0.438 e. The fourth-order valence-electron chi connectivity index (χ4n) is 3.12. The van der Waals surface area contributed by atoms with Gasteiger partial charge in [-0.05, 0) is 37.7 Å². The highest BCUT2D eigenvalue weighted by Crippen LogP contribution is 2.42. The molecule has 0 unspecified atom stereocenters. The number of halogens is 3. The lowest BCUT2D eigenvalue weighted by Crippen LogP contribution is -2.56. The van der Waals surface area contributed by atoms with Crippen LogP contribution in [0, 0.1) is 5.92 Å². The number of aliphatic hydroxyl groups is 1. The van der Waals surface area contributed by atoms with Crippen LogP contribution < -0.4 is 0 Å². The highest BCUT2D eigenvalue weighted by atomic mass is 32.1. The van der Waals surface area contributed by atoms with Gasteiger partial charge in [0, 0.05) is 22.4 Å².